The van der Waals surface area contributed by atoms with Crippen LogP contribution in [0.25, 0.3) is 22.4 Å². The lowest BCUT2D eigenvalue weighted by atomic mass is 9.99. The van der Waals surface area contributed by atoms with Gasteiger partial charge in [-0.05, 0) is 18.2 Å². The molecular formula is C15H11ClFN5. The van der Waals surface area contributed by atoms with Crippen LogP contribution in [0.15, 0.2) is 43.0 Å². The van der Waals surface area contributed by atoms with E-state index in [1.54, 1.807) is 24.4 Å². The van der Waals surface area contributed by atoms with Crippen molar-refractivity contribution in [2.45, 2.75) is 0 Å². The van der Waals surface area contributed by atoms with Crippen LogP contribution in [-0.4, -0.2) is 15.0 Å². The second kappa shape index (κ2) is 5.57. The summed E-state index contributed by atoms with van der Waals surface area (Å²) in [5.74, 6) is -0.332. The quantitative estimate of drug-likeness (QED) is 0.758. The smallest absolute Gasteiger partial charge is 0.149 e. The molecule has 0 unspecified atom stereocenters. The molecule has 0 radical (unpaired) electrons. The van der Waals surface area contributed by atoms with Gasteiger partial charge >= 0.3 is 0 Å². The normalized spacial score (nSPS) is 10.6. The van der Waals surface area contributed by atoms with E-state index in [0.717, 1.165) is 6.20 Å². The standard InChI is InChI=1S/C15H11ClFN5/c16-11-6-20-4-2-9(11)14-10(5-13(18)15(19)22-14)8-1-3-21-7-12(8)17/h1-7H,18H2,(H2,19,22). The van der Waals surface area contributed by atoms with Crippen molar-refractivity contribution in [1.82, 2.24) is 15.0 Å². The van der Waals surface area contributed by atoms with Gasteiger partial charge in [0.25, 0.3) is 0 Å². The van der Waals surface area contributed by atoms with Gasteiger partial charge in [-0.15, -0.1) is 0 Å². The molecule has 0 saturated carbocycles. The van der Waals surface area contributed by atoms with Crippen LogP contribution in [0.5, 0.6) is 0 Å². The number of nitrogen functional groups attached to an aromatic ring is 2. The summed E-state index contributed by atoms with van der Waals surface area (Å²) in [5.41, 5.74) is 13.7. The first-order valence-corrected chi connectivity index (χ1v) is 6.71. The summed E-state index contributed by atoms with van der Waals surface area (Å²) < 4.78 is 14.1. The lowest BCUT2D eigenvalue weighted by Crippen LogP contribution is -2.02. The molecule has 0 saturated heterocycles. The summed E-state index contributed by atoms with van der Waals surface area (Å²) in [7, 11) is 0. The molecule has 0 aliphatic carbocycles. The summed E-state index contributed by atoms with van der Waals surface area (Å²) in [6.07, 6.45) is 5.67. The summed E-state index contributed by atoms with van der Waals surface area (Å²) in [6, 6.07) is 4.80. The molecule has 3 aromatic heterocycles. The second-order valence-electron chi connectivity index (χ2n) is 4.57. The van der Waals surface area contributed by atoms with Crippen LogP contribution in [0.2, 0.25) is 5.02 Å². The van der Waals surface area contributed by atoms with Crippen molar-refractivity contribution in [2.75, 3.05) is 11.5 Å². The number of nitrogens with two attached hydrogens (primary N) is 2. The Bertz CT molecular complexity index is 783. The number of aromatic nitrogens is 3. The second-order valence-corrected chi connectivity index (χ2v) is 4.98. The van der Waals surface area contributed by atoms with E-state index >= 15 is 0 Å². The van der Waals surface area contributed by atoms with Gasteiger partial charge in [-0.2, -0.15) is 0 Å². The lowest BCUT2D eigenvalue weighted by Gasteiger charge is -2.13. The molecule has 0 aromatic carbocycles. The Labute approximate surface area is 130 Å². The maximum Gasteiger partial charge on any atom is 0.149 e. The van der Waals surface area contributed by atoms with Crippen molar-refractivity contribution >= 4 is 23.1 Å². The van der Waals surface area contributed by atoms with Crippen LogP contribution < -0.4 is 11.5 Å². The average Bonchev–Trinajstić information content (AvgIpc) is 2.51. The first-order valence-electron chi connectivity index (χ1n) is 6.33. The van der Waals surface area contributed by atoms with Crippen LogP contribution in [-0.2, 0) is 0 Å². The number of pyridine rings is 3. The summed E-state index contributed by atoms with van der Waals surface area (Å²) in [5, 5.41) is 0.384. The molecule has 0 bridgehead atoms. The van der Waals surface area contributed by atoms with Gasteiger partial charge in [-0.25, -0.2) is 9.37 Å². The molecule has 0 amide bonds. The largest absolute Gasteiger partial charge is 0.396 e. The van der Waals surface area contributed by atoms with Gasteiger partial charge in [0.15, 0.2) is 0 Å². The number of hydrogen-bond donors (Lipinski definition) is 2. The molecular weight excluding hydrogens is 305 g/mol. The van der Waals surface area contributed by atoms with Crippen LogP contribution in [0.1, 0.15) is 0 Å². The van der Waals surface area contributed by atoms with Gasteiger partial charge in [-0.1, -0.05) is 11.6 Å². The van der Waals surface area contributed by atoms with Gasteiger partial charge in [0.2, 0.25) is 0 Å². The first-order chi connectivity index (χ1) is 10.6. The third-order valence-electron chi connectivity index (χ3n) is 3.17. The maximum absolute atomic E-state index is 14.1. The van der Waals surface area contributed by atoms with E-state index in [9.17, 15) is 4.39 Å². The molecule has 0 spiro atoms. The third kappa shape index (κ3) is 2.44. The molecule has 0 aliphatic heterocycles. The van der Waals surface area contributed by atoms with E-state index < -0.39 is 5.82 Å². The van der Waals surface area contributed by atoms with Crippen LogP contribution >= 0.6 is 11.6 Å². The molecule has 7 heteroatoms. The highest BCUT2D eigenvalue weighted by Gasteiger charge is 2.17. The lowest BCUT2D eigenvalue weighted by molar-refractivity contribution is 0.625. The average molecular weight is 316 g/mol. The highest BCUT2D eigenvalue weighted by Crippen LogP contribution is 2.37. The molecule has 0 fully saturated rings. The minimum atomic E-state index is -0.486. The topological polar surface area (TPSA) is 90.7 Å². The van der Waals surface area contributed by atoms with E-state index in [0.29, 0.717) is 27.4 Å². The molecule has 3 aromatic rings. The van der Waals surface area contributed by atoms with Gasteiger partial charge in [0, 0.05) is 35.3 Å². The molecule has 0 atom stereocenters. The zero-order valence-corrected chi connectivity index (χ0v) is 12.0. The maximum atomic E-state index is 14.1. The Kier molecular flexibility index (Phi) is 3.60. The fraction of sp³-hybridized carbons (Fsp3) is 0. The summed E-state index contributed by atoms with van der Waals surface area (Å²) >= 11 is 6.17. The van der Waals surface area contributed by atoms with Crippen molar-refractivity contribution in [3.8, 4) is 22.4 Å². The Hall–Kier alpha value is -2.73. The zero-order chi connectivity index (χ0) is 15.7. The van der Waals surface area contributed by atoms with Crippen molar-refractivity contribution in [2.24, 2.45) is 0 Å². The Morgan fingerprint density at radius 3 is 2.32 bits per heavy atom. The molecule has 5 nitrogen and oxygen atoms in total. The van der Waals surface area contributed by atoms with Crippen LogP contribution in [0.4, 0.5) is 15.9 Å². The van der Waals surface area contributed by atoms with Gasteiger partial charge in [0.05, 0.1) is 22.6 Å². The predicted octanol–water partition coefficient (Wildman–Crippen LogP) is 3.16. The Morgan fingerprint density at radius 2 is 1.64 bits per heavy atom. The molecule has 3 heterocycles. The minimum Gasteiger partial charge on any atom is -0.396 e. The fourth-order valence-corrected chi connectivity index (χ4v) is 2.32. The van der Waals surface area contributed by atoms with E-state index in [1.165, 1.54) is 12.4 Å². The highest BCUT2D eigenvalue weighted by atomic mass is 35.5. The van der Waals surface area contributed by atoms with Crippen molar-refractivity contribution in [3.63, 3.8) is 0 Å². The summed E-state index contributed by atoms with van der Waals surface area (Å²) in [6.45, 7) is 0. The monoisotopic (exact) mass is 315 g/mol. The fourth-order valence-electron chi connectivity index (χ4n) is 2.11. The zero-order valence-electron chi connectivity index (χ0n) is 11.3. The van der Waals surface area contributed by atoms with Gasteiger partial charge in [0.1, 0.15) is 11.6 Å². The van der Waals surface area contributed by atoms with Crippen molar-refractivity contribution in [1.29, 1.82) is 0 Å². The number of anilines is 2. The number of rotatable bonds is 2. The predicted molar refractivity (Wildman–Crippen MR) is 84.5 cm³/mol. The van der Waals surface area contributed by atoms with Gasteiger partial charge < -0.3 is 11.5 Å². The minimum absolute atomic E-state index is 0.154. The molecule has 0 aliphatic rings. The Morgan fingerprint density at radius 1 is 0.955 bits per heavy atom. The van der Waals surface area contributed by atoms with E-state index in [2.05, 4.69) is 15.0 Å². The van der Waals surface area contributed by atoms with Crippen LogP contribution in [0, 0.1) is 5.82 Å². The third-order valence-corrected chi connectivity index (χ3v) is 3.47. The number of hydrogen-bond acceptors (Lipinski definition) is 5. The van der Waals surface area contributed by atoms with Crippen molar-refractivity contribution in [3.05, 3.63) is 53.8 Å². The number of halogens is 2. The van der Waals surface area contributed by atoms with E-state index in [4.69, 9.17) is 23.1 Å². The molecule has 4 N–H and O–H groups in total. The van der Waals surface area contributed by atoms with Crippen LogP contribution in [0.3, 0.4) is 0 Å². The highest BCUT2D eigenvalue weighted by molar-refractivity contribution is 6.33. The summed E-state index contributed by atoms with van der Waals surface area (Å²) in [4.78, 5) is 11.9. The van der Waals surface area contributed by atoms with Crippen molar-refractivity contribution < 1.29 is 4.39 Å². The SMILES string of the molecule is Nc1cc(-c2ccncc2F)c(-c2ccncc2Cl)nc1N. The van der Waals surface area contributed by atoms with E-state index in [-0.39, 0.29) is 11.5 Å². The molecule has 3 rings (SSSR count). The molecule has 22 heavy (non-hydrogen) atoms. The van der Waals surface area contributed by atoms with Gasteiger partial charge in [-0.3, -0.25) is 9.97 Å². The number of nitrogens with zero attached hydrogens (tertiary/aromatic N) is 3. The first kappa shape index (κ1) is 14.2. The van der Waals surface area contributed by atoms with E-state index in [1.807, 2.05) is 0 Å². The molecule has 110 valence electrons. The Balaban J connectivity index is 2.33.